The summed E-state index contributed by atoms with van der Waals surface area (Å²) in [6.45, 7) is 1.57. The van der Waals surface area contributed by atoms with Crippen LogP contribution in [0.2, 0.25) is 10.0 Å². The molecule has 0 aliphatic rings. The number of hydrogen-bond acceptors (Lipinski definition) is 3. The number of halogens is 6. The maximum Gasteiger partial charge on any atom is 0.416 e. The number of esters is 1. The van der Waals surface area contributed by atoms with Crippen molar-refractivity contribution in [1.29, 1.82) is 0 Å². The van der Waals surface area contributed by atoms with Gasteiger partial charge in [-0.3, -0.25) is 4.79 Å². The van der Waals surface area contributed by atoms with Crippen molar-refractivity contribution < 1.29 is 27.4 Å². The molecule has 3 rings (SSSR count). The Hall–Kier alpha value is -2.15. The van der Waals surface area contributed by atoms with Gasteiger partial charge in [-0.2, -0.15) is 13.2 Å². The van der Waals surface area contributed by atoms with Crippen LogP contribution in [0.25, 0.3) is 10.8 Å². The van der Waals surface area contributed by atoms with Crippen molar-refractivity contribution in [2.24, 2.45) is 0 Å². The second-order valence-corrected chi connectivity index (χ2v) is 8.73. The number of benzene rings is 3. The smallest absolute Gasteiger partial charge is 0.416 e. The first kappa shape index (κ1) is 23.5. The summed E-state index contributed by atoms with van der Waals surface area (Å²) in [7, 11) is 1.27. The van der Waals surface area contributed by atoms with Gasteiger partial charge in [0.1, 0.15) is 10.6 Å². The Morgan fingerprint density at radius 3 is 2.16 bits per heavy atom. The monoisotopic (exact) mass is 490 g/mol. The van der Waals surface area contributed by atoms with Crippen molar-refractivity contribution in [3.05, 3.63) is 69.7 Å². The van der Waals surface area contributed by atoms with E-state index in [9.17, 15) is 18.0 Å². The van der Waals surface area contributed by atoms with E-state index in [0.717, 1.165) is 28.5 Å². The van der Waals surface area contributed by atoms with Gasteiger partial charge in [0.2, 0.25) is 0 Å². The minimum Gasteiger partial charge on any atom is -0.468 e. The molecule has 0 saturated carbocycles. The standard InChI is InChI=1S/C22H16Cl3F3O3/c1-21(25,20(29)30-2)11-12-3-4-13-5-6-16(8-14(13)7-12)31-19-17(23)9-15(10-18(19)24)22(26,27)28/h3-10H,11H2,1-2H3. The Labute approximate surface area is 191 Å². The largest absolute Gasteiger partial charge is 0.468 e. The molecule has 3 nitrogen and oxygen atoms in total. The highest BCUT2D eigenvalue weighted by Gasteiger charge is 2.33. The third kappa shape index (κ3) is 5.37. The average molecular weight is 492 g/mol. The summed E-state index contributed by atoms with van der Waals surface area (Å²) >= 11 is 18.2. The normalized spacial score (nSPS) is 13.7. The zero-order valence-electron chi connectivity index (χ0n) is 16.3. The molecule has 0 bridgehead atoms. The molecule has 0 saturated heterocycles. The van der Waals surface area contributed by atoms with Crippen molar-refractivity contribution in [2.75, 3.05) is 7.11 Å². The molecule has 0 amide bonds. The zero-order chi connectivity index (χ0) is 23.0. The van der Waals surface area contributed by atoms with Crippen LogP contribution in [0.3, 0.4) is 0 Å². The Morgan fingerprint density at radius 1 is 0.968 bits per heavy atom. The van der Waals surface area contributed by atoms with E-state index in [2.05, 4.69) is 0 Å². The summed E-state index contributed by atoms with van der Waals surface area (Å²) < 4.78 is 49.1. The molecule has 3 aromatic carbocycles. The third-order valence-electron chi connectivity index (χ3n) is 4.57. The lowest BCUT2D eigenvalue weighted by Gasteiger charge is -2.19. The van der Waals surface area contributed by atoms with Gasteiger partial charge in [-0.05, 0) is 47.5 Å². The van der Waals surface area contributed by atoms with Crippen LogP contribution in [0, 0.1) is 0 Å². The quantitative estimate of drug-likeness (QED) is 0.271. The number of fused-ring (bicyclic) bond motifs is 1. The molecule has 9 heteroatoms. The second-order valence-electron chi connectivity index (χ2n) is 7.08. The molecular formula is C22H16Cl3F3O3. The van der Waals surface area contributed by atoms with Crippen LogP contribution in [0.5, 0.6) is 11.5 Å². The first-order valence-corrected chi connectivity index (χ1v) is 10.1. The number of hydrogen-bond donors (Lipinski definition) is 0. The fourth-order valence-corrected chi connectivity index (χ4v) is 3.85. The molecule has 164 valence electrons. The molecule has 31 heavy (non-hydrogen) atoms. The van der Waals surface area contributed by atoms with Gasteiger partial charge in [-0.15, -0.1) is 11.6 Å². The zero-order valence-corrected chi connectivity index (χ0v) is 18.6. The van der Waals surface area contributed by atoms with Crippen LogP contribution in [-0.4, -0.2) is 18.0 Å². The van der Waals surface area contributed by atoms with Gasteiger partial charge in [0.05, 0.1) is 22.7 Å². The van der Waals surface area contributed by atoms with E-state index in [-0.39, 0.29) is 22.2 Å². The molecule has 0 heterocycles. The summed E-state index contributed by atoms with van der Waals surface area (Å²) in [4.78, 5) is 10.6. The van der Waals surface area contributed by atoms with E-state index in [1.165, 1.54) is 7.11 Å². The first-order chi connectivity index (χ1) is 14.4. The van der Waals surface area contributed by atoms with Crippen molar-refractivity contribution in [1.82, 2.24) is 0 Å². The summed E-state index contributed by atoms with van der Waals surface area (Å²) in [6.07, 6.45) is -4.34. The molecule has 0 aliphatic heterocycles. The van der Waals surface area contributed by atoms with E-state index in [1.807, 2.05) is 18.2 Å². The van der Waals surface area contributed by atoms with E-state index in [4.69, 9.17) is 44.3 Å². The number of rotatable bonds is 5. The lowest BCUT2D eigenvalue weighted by Crippen LogP contribution is -2.32. The molecule has 0 N–H and O–H groups in total. The molecule has 0 aromatic heterocycles. The Kier molecular flexibility index (Phi) is 6.65. The van der Waals surface area contributed by atoms with E-state index in [0.29, 0.717) is 5.75 Å². The maximum atomic E-state index is 12.9. The SMILES string of the molecule is COC(=O)C(C)(Cl)Cc1ccc2ccc(Oc3c(Cl)cc(C(F)(F)F)cc3Cl)cc2c1. The minimum absolute atomic E-state index is 0.0779. The maximum absolute atomic E-state index is 12.9. The van der Waals surface area contributed by atoms with Gasteiger partial charge >= 0.3 is 12.1 Å². The highest BCUT2D eigenvalue weighted by molar-refractivity contribution is 6.37. The van der Waals surface area contributed by atoms with Gasteiger partial charge in [0.25, 0.3) is 0 Å². The van der Waals surface area contributed by atoms with Crippen molar-refractivity contribution in [2.45, 2.75) is 24.4 Å². The highest BCUT2D eigenvalue weighted by atomic mass is 35.5. The summed E-state index contributed by atoms with van der Waals surface area (Å²) in [5, 5.41) is 1.14. The number of methoxy groups -OCH3 is 1. The van der Waals surface area contributed by atoms with Gasteiger partial charge in [0, 0.05) is 6.42 Å². The number of carbonyl (C=O) groups is 1. The number of alkyl halides is 4. The van der Waals surface area contributed by atoms with E-state index in [1.54, 1.807) is 25.1 Å². The van der Waals surface area contributed by atoms with Crippen LogP contribution in [0.15, 0.2) is 48.5 Å². The number of ether oxygens (including phenoxy) is 2. The topological polar surface area (TPSA) is 35.5 Å². The van der Waals surface area contributed by atoms with Crippen LogP contribution in [0.4, 0.5) is 13.2 Å². The van der Waals surface area contributed by atoms with Gasteiger partial charge in [0.15, 0.2) is 5.75 Å². The van der Waals surface area contributed by atoms with Crippen molar-refractivity contribution in [3.8, 4) is 11.5 Å². The fraction of sp³-hybridized carbons (Fsp3) is 0.227. The molecule has 1 atom stereocenters. The van der Waals surface area contributed by atoms with Gasteiger partial charge in [-0.1, -0.05) is 47.5 Å². The molecule has 0 aliphatic carbocycles. The third-order valence-corrected chi connectivity index (χ3v) is 5.42. The lowest BCUT2D eigenvalue weighted by atomic mass is 9.98. The summed E-state index contributed by atoms with van der Waals surface area (Å²) in [5.74, 6) is -0.293. The van der Waals surface area contributed by atoms with Crippen LogP contribution in [-0.2, 0) is 22.1 Å². The molecule has 1 unspecified atom stereocenters. The Balaban J connectivity index is 1.92. The van der Waals surface area contributed by atoms with E-state index < -0.39 is 22.6 Å². The number of carbonyl (C=O) groups excluding carboxylic acids is 1. The Bertz CT molecular complexity index is 1120. The molecule has 3 aromatic rings. The summed E-state index contributed by atoms with van der Waals surface area (Å²) in [5.41, 5.74) is -0.175. The second kappa shape index (κ2) is 8.77. The Morgan fingerprint density at radius 2 is 1.58 bits per heavy atom. The summed E-state index contributed by atoms with van der Waals surface area (Å²) in [6, 6.07) is 12.2. The predicted octanol–water partition coefficient (Wildman–Crippen LogP) is 7.67. The predicted molar refractivity (Wildman–Crippen MR) is 115 cm³/mol. The first-order valence-electron chi connectivity index (χ1n) is 8.95. The average Bonchev–Trinajstić information content (AvgIpc) is 2.68. The van der Waals surface area contributed by atoms with Gasteiger partial charge in [-0.25, -0.2) is 0 Å². The van der Waals surface area contributed by atoms with Crippen LogP contribution in [0.1, 0.15) is 18.1 Å². The van der Waals surface area contributed by atoms with Crippen molar-refractivity contribution in [3.63, 3.8) is 0 Å². The highest BCUT2D eigenvalue weighted by Crippen LogP contribution is 2.42. The minimum atomic E-state index is -4.58. The molecule has 0 radical (unpaired) electrons. The van der Waals surface area contributed by atoms with E-state index >= 15 is 0 Å². The van der Waals surface area contributed by atoms with Crippen molar-refractivity contribution >= 4 is 51.5 Å². The van der Waals surface area contributed by atoms with Crippen LogP contribution < -0.4 is 4.74 Å². The molecule has 0 fully saturated rings. The molecular weight excluding hydrogens is 476 g/mol. The lowest BCUT2D eigenvalue weighted by molar-refractivity contribution is -0.143. The fourth-order valence-electron chi connectivity index (χ4n) is 3.05. The van der Waals surface area contributed by atoms with Crippen LogP contribution >= 0.6 is 34.8 Å². The molecule has 0 spiro atoms. The van der Waals surface area contributed by atoms with Gasteiger partial charge < -0.3 is 9.47 Å².